The van der Waals surface area contributed by atoms with Crippen molar-refractivity contribution < 1.29 is 23.2 Å². The number of benzene rings is 1. The third-order valence-corrected chi connectivity index (χ3v) is 3.84. The van der Waals surface area contributed by atoms with Gasteiger partial charge in [0, 0.05) is 25.1 Å². The van der Waals surface area contributed by atoms with Crippen LogP contribution in [0.15, 0.2) is 44.9 Å². The highest BCUT2D eigenvalue weighted by atomic mass is 32.2. The maximum Gasteiger partial charge on any atom is 0.311 e. The predicted octanol–water partition coefficient (Wildman–Crippen LogP) is 1.88. The van der Waals surface area contributed by atoms with Gasteiger partial charge in [-0.1, -0.05) is 0 Å². The van der Waals surface area contributed by atoms with Crippen molar-refractivity contribution in [1.82, 2.24) is 4.31 Å². The second-order valence-electron chi connectivity index (χ2n) is 4.84. The van der Waals surface area contributed by atoms with Crippen LogP contribution in [0.4, 0.5) is 5.69 Å². The molecule has 1 unspecified atom stereocenters. The number of rotatable bonds is 9. The Balaban J connectivity index is 1.76. The highest BCUT2D eigenvalue weighted by Crippen LogP contribution is 2.18. The van der Waals surface area contributed by atoms with E-state index >= 15 is 0 Å². The number of nitro groups is 1. The van der Waals surface area contributed by atoms with E-state index in [0.717, 1.165) is 0 Å². The van der Waals surface area contributed by atoms with E-state index in [1.165, 1.54) is 28.6 Å². The van der Waals surface area contributed by atoms with Crippen LogP contribution >= 0.6 is 0 Å². The Kier molecular flexibility index (Phi) is 6.73. The van der Waals surface area contributed by atoms with Crippen LogP contribution in [0.1, 0.15) is 12.8 Å². The van der Waals surface area contributed by atoms with E-state index in [-0.39, 0.29) is 37.4 Å². The molecule has 13 heteroatoms. The predicted molar refractivity (Wildman–Crippen MR) is 83.8 cm³/mol. The zero-order valence-corrected chi connectivity index (χ0v) is 13.6. The lowest BCUT2D eigenvalue weighted by Crippen LogP contribution is -2.33. The normalized spacial score (nSPS) is 14.8. The minimum absolute atomic E-state index is 0.00160. The standard InChI is InChI=1S/C12H14N6O6S/c19-12(24-10-5-3-9(4-6-10)18(20)21)2-1-7-17(25(22)23)8-11-13-15-16-14-11/h3-6,11H,1-2,7-8H2,(H,22,23). The van der Waals surface area contributed by atoms with Crippen molar-refractivity contribution >= 4 is 22.9 Å². The first kappa shape index (κ1) is 18.7. The van der Waals surface area contributed by atoms with Crippen LogP contribution in [0.2, 0.25) is 0 Å². The number of nitrogens with zero attached hydrogens (tertiary/aromatic N) is 6. The Labute approximate surface area is 144 Å². The van der Waals surface area contributed by atoms with Crippen molar-refractivity contribution in [2.45, 2.75) is 19.0 Å². The number of hydrogen-bond acceptors (Lipinski definition) is 9. The molecular weight excluding hydrogens is 356 g/mol. The Morgan fingerprint density at radius 3 is 2.52 bits per heavy atom. The van der Waals surface area contributed by atoms with Crippen LogP contribution in [0.5, 0.6) is 5.75 Å². The Morgan fingerprint density at radius 2 is 1.96 bits per heavy atom. The van der Waals surface area contributed by atoms with E-state index < -0.39 is 28.3 Å². The molecule has 0 aliphatic carbocycles. The molecule has 0 fully saturated rings. The number of hydrogen-bond donors (Lipinski definition) is 1. The van der Waals surface area contributed by atoms with E-state index in [2.05, 4.69) is 20.7 Å². The molecule has 2 rings (SSSR count). The number of esters is 1. The summed E-state index contributed by atoms with van der Waals surface area (Å²) < 4.78 is 26.7. The van der Waals surface area contributed by atoms with Crippen LogP contribution in [-0.2, 0) is 16.1 Å². The molecule has 0 radical (unpaired) electrons. The minimum Gasteiger partial charge on any atom is -0.427 e. The van der Waals surface area contributed by atoms with Crippen LogP contribution in [0.3, 0.4) is 0 Å². The molecule has 1 aliphatic rings. The molecule has 0 saturated heterocycles. The molecule has 1 aliphatic heterocycles. The highest BCUT2D eigenvalue weighted by molar-refractivity contribution is 7.76. The van der Waals surface area contributed by atoms with Crippen molar-refractivity contribution in [2.24, 2.45) is 20.7 Å². The molecule has 134 valence electrons. The largest absolute Gasteiger partial charge is 0.427 e. The van der Waals surface area contributed by atoms with Gasteiger partial charge in [0.15, 0.2) is 6.17 Å². The SMILES string of the molecule is O=C(CCCN(CC1N=NN=N1)S(=O)O)Oc1ccc([N+](=O)[O-])cc1. The maximum absolute atomic E-state index is 11.7. The van der Waals surface area contributed by atoms with E-state index in [1.807, 2.05) is 0 Å². The lowest BCUT2D eigenvalue weighted by Gasteiger charge is -2.17. The summed E-state index contributed by atoms with van der Waals surface area (Å²) in [5.41, 5.74) is -0.109. The monoisotopic (exact) mass is 370 g/mol. The van der Waals surface area contributed by atoms with E-state index in [9.17, 15) is 23.7 Å². The van der Waals surface area contributed by atoms with Gasteiger partial charge >= 0.3 is 5.97 Å². The molecule has 1 heterocycles. The molecule has 1 aromatic carbocycles. The van der Waals surface area contributed by atoms with Crippen molar-refractivity contribution in [3.63, 3.8) is 0 Å². The molecule has 1 atom stereocenters. The van der Waals surface area contributed by atoms with Gasteiger partial charge in [0.25, 0.3) is 5.69 Å². The first-order valence-electron chi connectivity index (χ1n) is 7.06. The molecule has 1 aromatic rings. The molecular formula is C12H14N6O6S. The quantitative estimate of drug-likeness (QED) is 0.229. The lowest BCUT2D eigenvalue weighted by molar-refractivity contribution is -0.384. The molecule has 12 nitrogen and oxygen atoms in total. The van der Waals surface area contributed by atoms with Gasteiger partial charge in [-0.15, -0.1) is 10.2 Å². The van der Waals surface area contributed by atoms with Gasteiger partial charge in [-0.25, -0.2) is 4.21 Å². The Morgan fingerprint density at radius 1 is 1.32 bits per heavy atom. The summed E-state index contributed by atoms with van der Waals surface area (Å²) in [7, 11) is 0. The first-order chi connectivity index (χ1) is 12.0. The maximum atomic E-state index is 11.7. The minimum atomic E-state index is -2.25. The topological polar surface area (TPSA) is 159 Å². The zero-order chi connectivity index (χ0) is 18.2. The fourth-order valence-electron chi connectivity index (χ4n) is 1.89. The second-order valence-corrected chi connectivity index (χ2v) is 5.82. The molecule has 0 saturated carbocycles. The van der Waals surface area contributed by atoms with Crippen molar-refractivity contribution in [2.75, 3.05) is 13.1 Å². The average molecular weight is 370 g/mol. The smallest absolute Gasteiger partial charge is 0.311 e. The van der Waals surface area contributed by atoms with E-state index in [4.69, 9.17) is 4.74 Å². The second kappa shape index (κ2) is 9.00. The van der Waals surface area contributed by atoms with E-state index in [0.29, 0.717) is 0 Å². The Hall–Kier alpha value is -2.64. The fourth-order valence-corrected chi connectivity index (χ4v) is 2.44. The Bertz CT molecular complexity index is 697. The molecule has 0 aromatic heterocycles. The van der Waals surface area contributed by atoms with Gasteiger partial charge in [0.05, 0.1) is 11.5 Å². The summed E-state index contributed by atoms with van der Waals surface area (Å²) in [6.45, 7) is 0.188. The van der Waals surface area contributed by atoms with Crippen molar-refractivity contribution in [3.05, 3.63) is 34.4 Å². The number of carbonyl (C=O) groups is 1. The van der Waals surface area contributed by atoms with Gasteiger partial charge in [-0.05, 0) is 29.0 Å². The molecule has 25 heavy (non-hydrogen) atoms. The first-order valence-corrected chi connectivity index (χ1v) is 8.13. The number of ether oxygens (including phenoxy) is 1. The van der Waals surface area contributed by atoms with Gasteiger partial charge in [0.1, 0.15) is 5.75 Å². The third kappa shape index (κ3) is 6.06. The molecule has 0 amide bonds. The molecule has 1 N–H and O–H groups in total. The van der Waals surface area contributed by atoms with Crippen LogP contribution in [0, 0.1) is 10.1 Å². The summed E-state index contributed by atoms with van der Waals surface area (Å²) in [6.07, 6.45) is -0.375. The molecule has 0 bridgehead atoms. The van der Waals surface area contributed by atoms with Crippen LogP contribution < -0.4 is 4.74 Å². The van der Waals surface area contributed by atoms with Gasteiger partial charge in [0.2, 0.25) is 11.3 Å². The summed E-state index contributed by atoms with van der Waals surface area (Å²) in [5.74, 6) is -0.372. The van der Waals surface area contributed by atoms with Crippen LogP contribution in [-0.4, -0.2) is 43.2 Å². The lowest BCUT2D eigenvalue weighted by atomic mass is 10.3. The van der Waals surface area contributed by atoms with Crippen LogP contribution in [0.25, 0.3) is 0 Å². The fraction of sp³-hybridized carbons (Fsp3) is 0.417. The third-order valence-electron chi connectivity index (χ3n) is 3.07. The summed E-state index contributed by atoms with van der Waals surface area (Å²) >= 11 is -2.25. The summed E-state index contributed by atoms with van der Waals surface area (Å²) in [5, 5.41) is 24.4. The van der Waals surface area contributed by atoms with Gasteiger partial charge in [-0.2, -0.15) is 4.31 Å². The van der Waals surface area contributed by atoms with Gasteiger partial charge in [-0.3, -0.25) is 19.5 Å². The number of carbonyl (C=O) groups excluding carboxylic acids is 1. The zero-order valence-electron chi connectivity index (χ0n) is 12.8. The molecule has 0 spiro atoms. The van der Waals surface area contributed by atoms with E-state index in [1.54, 1.807) is 0 Å². The highest BCUT2D eigenvalue weighted by Gasteiger charge is 2.20. The summed E-state index contributed by atoms with van der Waals surface area (Å²) in [4.78, 5) is 21.7. The number of nitro benzene ring substituents is 1. The van der Waals surface area contributed by atoms with Crippen molar-refractivity contribution in [1.29, 1.82) is 0 Å². The van der Waals surface area contributed by atoms with Crippen molar-refractivity contribution in [3.8, 4) is 5.75 Å². The van der Waals surface area contributed by atoms with Gasteiger partial charge < -0.3 is 4.74 Å². The number of non-ortho nitro benzene ring substituents is 1. The summed E-state index contributed by atoms with van der Waals surface area (Å²) in [6, 6.07) is 5.09. The average Bonchev–Trinajstić information content (AvgIpc) is 3.07.